The Balaban J connectivity index is 1.51. The van der Waals surface area contributed by atoms with Gasteiger partial charge in [-0.25, -0.2) is 0 Å². The standard InChI is InChI=1S/C19H21N3/c1-20-10-9-16-7-8-18(15-19(16)20)22-13-11-21(12-14-22)17-5-3-2-4-6-17/h2-10,15H,11-14H2,1H3. The van der Waals surface area contributed by atoms with Gasteiger partial charge in [-0.2, -0.15) is 0 Å². The lowest BCUT2D eigenvalue weighted by atomic mass is 10.2. The molecule has 0 radical (unpaired) electrons. The number of aromatic nitrogens is 1. The number of para-hydroxylation sites is 1. The van der Waals surface area contributed by atoms with E-state index in [0.717, 1.165) is 26.2 Å². The van der Waals surface area contributed by atoms with Gasteiger partial charge in [-0.3, -0.25) is 0 Å². The van der Waals surface area contributed by atoms with Crippen molar-refractivity contribution in [2.45, 2.75) is 0 Å². The number of hydrogen-bond donors (Lipinski definition) is 0. The van der Waals surface area contributed by atoms with Crippen molar-refractivity contribution < 1.29 is 0 Å². The zero-order valence-corrected chi connectivity index (χ0v) is 12.9. The SMILES string of the molecule is Cn1ccc2ccc(N3CCN(c4ccccc4)CC3)cc21. The van der Waals surface area contributed by atoms with Crippen LogP contribution in [-0.2, 0) is 7.05 Å². The molecule has 0 atom stereocenters. The van der Waals surface area contributed by atoms with Crippen LogP contribution in [0.4, 0.5) is 11.4 Å². The van der Waals surface area contributed by atoms with Gasteiger partial charge in [-0.05, 0) is 35.7 Å². The number of aryl methyl sites for hydroxylation is 1. The van der Waals surface area contributed by atoms with Crippen molar-refractivity contribution in [1.82, 2.24) is 4.57 Å². The van der Waals surface area contributed by atoms with E-state index in [2.05, 4.69) is 82.2 Å². The van der Waals surface area contributed by atoms with Crippen molar-refractivity contribution in [2.24, 2.45) is 7.05 Å². The average Bonchev–Trinajstić information content (AvgIpc) is 2.96. The molecule has 22 heavy (non-hydrogen) atoms. The molecule has 2 aromatic carbocycles. The summed E-state index contributed by atoms with van der Waals surface area (Å²) in [6.45, 7) is 4.31. The van der Waals surface area contributed by atoms with Crippen molar-refractivity contribution in [1.29, 1.82) is 0 Å². The van der Waals surface area contributed by atoms with Gasteiger partial charge in [0.1, 0.15) is 0 Å². The van der Waals surface area contributed by atoms with E-state index in [-0.39, 0.29) is 0 Å². The van der Waals surface area contributed by atoms with E-state index in [9.17, 15) is 0 Å². The predicted octanol–water partition coefficient (Wildman–Crippen LogP) is 3.50. The Morgan fingerprint density at radius 3 is 2.14 bits per heavy atom. The first-order chi connectivity index (χ1) is 10.8. The first kappa shape index (κ1) is 13.3. The fourth-order valence-corrected chi connectivity index (χ4v) is 3.31. The third-order valence-electron chi connectivity index (χ3n) is 4.64. The highest BCUT2D eigenvalue weighted by molar-refractivity contribution is 5.83. The van der Waals surface area contributed by atoms with Crippen LogP contribution in [0, 0.1) is 0 Å². The van der Waals surface area contributed by atoms with Crippen molar-refractivity contribution >= 4 is 22.3 Å². The lowest BCUT2D eigenvalue weighted by Gasteiger charge is -2.37. The molecule has 112 valence electrons. The maximum absolute atomic E-state index is 2.49. The Labute approximate surface area is 131 Å². The Morgan fingerprint density at radius 1 is 0.727 bits per heavy atom. The number of anilines is 2. The van der Waals surface area contributed by atoms with Gasteiger partial charge in [0.15, 0.2) is 0 Å². The lowest BCUT2D eigenvalue weighted by molar-refractivity contribution is 0.654. The van der Waals surface area contributed by atoms with Gasteiger partial charge in [0.05, 0.1) is 0 Å². The van der Waals surface area contributed by atoms with Gasteiger partial charge in [-0.15, -0.1) is 0 Å². The Hall–Kier alpha value is -2.42. The van der Waals surface area contributed by atoms with Crippen LogP contribution in [-0.4, -0.2) is 30.7 Å². The number of piperazine rings is 1. The van der Waals surface area contributed by atoms with Crippen molar-refractivity contribution in [3.63, 3.8) is 0 Å². The van der Waals surface area contributed by atoms with Gasteiger partial charge in [-0.1, -0.05) is 24.3 Å². The zero-order chi connectivity index (χ0) is 14.9. The van der Waals surface area contributed by atoms with E-state index in [1.165, 1.54) is 22.3 Å². The summed E-state index contributed by atoms with van der Waals surface area (Å²) in [6.07, 6.45) is 2.13. The molecule has 1 saturated heterocycles. The molecule has 1 aliphatic rings. The highest BCUT2D eigenvalue weighted by Crippen LogP contribution is 2.24. The smallest absolute Gasteiger partial charge is 0.0498 e. The van der Waals surface area contributed by atoms with E-state index < -0.39 is 0 Å². The second kappa shape index (κ2) is 5.41. The highest BCUT2D eigenvalue weighted by atomic mass is 15.3. The van der Waals surface area contributed by atoms with Crippen LogP contribution in [0.25, 0.3) is 10.9 Å². The zero-order valence-electron chi connectivity index (χ0n) is 12.9. The van der Waals surface area contributed by atoms with Crippen molar-refractivity contribution in [2.75, 3.05) is 36.0 Å². The minimum atomic E-state index is 1.07. The van der Waals surface area contributed by atoms with Crippen LogP contribution in [0.1, 0.15) is 0 Å². The van der Waals surface area contributed by atoms with Gasteiger partial charge >= 0.3 is 0 Å². The summed E-state index contributed by atoms with van der Waals surface area (Å²) in [5.41, 5.74) is 3.98. The summed E-state index contributed by atoms with van der Waals surface area (Å²) in [6, 6.07) is 19.7. The maximum atomic E-state index is 2.49. The van der Waals surface area contributed by atoms with Crippen molar-refractivity contribution in [3.05, 3.63) is 60.8 Å². The predicted molar refractivity (Wildman–Crippen MR) is 93.8 cm³/mol. The molecular weight excluding hydrogens is 270 g/mol. The average molecular weight is 291 g/mol. The Kier molecular flexibility index (Phi) is 3.26. The maximum Gasteiger partial charge on any atom is 0.0498 e. The van der Waals surface area contributed by atoms with Crippen LogP contribution >= 0.6 is 0 Å². The Bertz CT molecular complexity index is 768. The second-order valence-electron chi connectivity index (χ2n) is 5.98. The van der Waals surface area contributed by atoms with Crippen LogP contribution in [0.5, 0.6) is 0 Å². The molecule has 4 rings (SSSR count). The molecule has 1 aromatic heterocycles. The largest absolute Gasteiger partial charge is 0.368 e. The molecule has 0 unspecified atom stereocenters. The second-order valence-corrected chi connectivity index (χ2v) is 5.98. The van der Waals surface area contributed by atoms with E-state index >= 15 is 0 Å². The van der Waals surface area contributed by atoms with Crippen LogP contribution in [0.15, 0.2) is 60.8 Å². The summed E-state index contributed by atoms with van der Waals surface area (Å²) in [5, 5.41) is 1.31. The summed E-state index contributed by atoms with van der Waals surface area (Å²) in [5.74, 6) is 0. The molecule has 3 aromatic rings. The monoisotopic (exact) mass is 291 g/mol. The first-order valence-electron chi connectivity index (χ1n) is 7.91. The molecule has 3 heteroatoms. The van der Waals surface area contributed by atoms with Gasteiger partial charge in [0.2, 0.25) is 0 Å². The molecule has 0 bridgehead atoms. The normalized spacial score (nSPS) is 15.5. The Morgan fingerprint density at radius 2 is 1.41 bits per heavy atom. The van der Waals surface area contributed by atoms with Crippen LogP contribution in [0.3, 0.4) is 0 Å². The fraction of sp³-hybridized carbons (Fsp3) is 0.263. The van der Waals surface area contributed by atoms with E-state index in [4.69, 9.17) is 0 Å². The first-order valence-corrected chi connectivity index (χ1v) is 7.91. The fourth-order valence-electron chi connectivity index (χ4n) is 3.31. The quantitative estimate of drug-likeness (QED) is 0.716. The molecule has 1 fully saturated rings. The summed E-state index contributed by atoms with van der Waals surface area (Å²) in [4.78, 5) is 4.96. The van der Waals surface area contributed by atoms with Gasteiger partial charge in [0.25, 0.3) is 0 Å². The van der Waals surface area contributed by atoms with E-state index in [0.29, 0.717) is 0 Å². The number of fused-ring (bicyclic) bond motifs is 1. The minimum absolute atomic E-state index is 1.07. The molecule has 0 amide bonds. The number of hydrogen-bond acceptors (Lipinski definition) is 2. The summed E-state index contributed by atoms with van der Waals surface area (Å²) < 4.78 is 2.19. The summed E-state index contributed by atoms with van der Waals surface area (Å²) in [7, 11) is 2.11. The van der Waals surface area contributed by atoms with Crippen LogP contribution < -0.4 is 9.80 Å². The van der Waals surface area contributed by atoms with E-state index in [1.54, 1.807) is 0 Å². The number of benzene rings is 2. The molecule has 0 aliphatic carbocycles. The van der Waals surface area contributed by atoms with Crippen molar-refractivity contribution in [3.8, 4) is 0 Å². The summed E-state index contributed by atoms with van der Waals surface area (Å²) >= 11 is 0. The minimum Gasteiger partial charge on any atom is -0.368 e. The third kappa shape index (κ3) is 2.33. The lowest BCUT2D eigenvalue weighted by Crippen LogP contribution is -2.46. The van der Waals surface area contributed by atoms with E-state index in [1.807, 2.05) is 0 Å². The molecular formula is C19H21N3. The molecule has 0 N–H and O–H groups in total. The highest BCUT2D eigenvalue weighted by Gasteiger charge is 2.17. The molecule has 1 aliphatic heterocycles. The molecule has 0 spiro atoms. The third-order valence-corrected chi connectivity index (χ3v) is 4.64. The topological polar surface area (TPSA) is 11.4 Å². The number of rotatable bonds is 2. The molecule has 0 saturated carbocycles. The molecule has 2 heterocycles. The number of nitrogens with zero attached hydrogens (tertiary/aromatic N) is 3. The van der Waals surface area contributed by atoms with Gasteiger partial charge in [0, 0.05) is 56.3 Å². The van der Waals surface area contributed by atoms with Crippen LogP contribution in [0.2, 0.25) is 0 Å². The molecule has 3 nitrogen and oxygen atoms in total. The van der Waals surface area contributed by atoms with Gasteiger partial charge < -0.3 is 14.4 Å².